The summed E-state index contributed by atoms with van der Waals surface area (Å²) in [5.41, 5.74) is 0. The molecule has 1 aromatic rings. The molecule has 0 atom stereocenters. The first kappa shape index (κ1) is 8.05. The Morgan fingerprint density at radius 3 is 2.73 bits per heavy atom. The van der Waals surface area contributed by atoms with E-state index >= 15 is 0 Å². The van der Waals surface area contributed by atoms with Crippen LogP contribution in [-0.2, 0) is 0 Å². The maximum absolute atomic E-state index is 10.4. The van der Waals surface area contributed by atoms with Crippen LogP contribution >= 0.6 is 22.9 Å². The Hall–Kier alpha value is -1.05. The first-order valence-corrected chi connectivity index (χ1v) is 3.77. The van der Waals surface area contributed by atoms with Crippen molar-refractivity contribution in [3.63, 3.8) is 0 Å². The number of thiophene rings is 1. The second kappa shape index (κ2) is 2.91. The van der Waals surface area contributed by atoms with Crippen LogP contribution in [0.1, 0.15) is 14.5 Å². The first-order valence-electron chi connectivity index (χ1n) is 2.58. The van der Waals surface area contributed by atoms with E-state index in [4.69, 9.17) is 22.0 Å². The molecule has 1 aromatic heterocycles. The highest BCUT2D eigenvalue weighted by Crippen LogP contribution is 2.25. The molecule has 0 fully saturated rings. The zero-order valence-electron chi connectivity index (χ0n) is 5.17. The number of carboxylic acid groups (broad SMARTS) is 1. The van der Waals surface area contributed by atoms with Gasteiger partial charge in [-0.3, -0.25) is 0 Å². The summed E-state index contributed by atoms with van der Waals surface area (Å²) in [6.07, 6.45) is 0. The van der Waals surface area contributed by atoms with E-state index in [9.17, 15) is 4.79 Å². The summed E-state index contributed by atoms with van der Waals surface area (Å²) in [4.78, 5) is 10.7. The molecule has 1 N–H and O–H groups in total. The van der Waals surface area contributed by atoms with Crippen LogP contribution in [0.2, 0.25) is 5.02 Å². The van der Waals surface area contributed by atoms with Gasteiger partial charge in [0.05, 0.1) is 5.02 Å². The van der Waals surface area contributed by atoms with Crippen molar-refractivity contribution in [2.24, 2.45) is 0 Å². The molecule has 0 saturated heterocycles. The van der Waals surface area contributed by atoms with Gasteiger partial charge in [-0.2, -0.15) is 5.26 Å². The predicted octanol–water partition coefficient (Wildman–Crippen LogP) is 1.97. The number of carbonyl (C=O) groups is 1. The molecule has 5 heteroatoms. The lowest BCUT2D eigenvalue weighted by atomic mass is 10.4. The molecule has 0 saturated carbocycles. The average molecular weight is 188 g/mol. The number of halogens is 1. The van der Waals surface area contributed by atoms with Gasteiger partial charge in [-0.15, -0.1) is 11.3 Å². The third-order valence-electron chi connectivity index (χ3n) is 0.991. The van der Waals surface area contributed by atoms with Gasteiger partial charge in [0.15, 0.2) is 0 Å². The zero-order chi connectivity index (χ0) is 8.43. The summed E-state index contributed by atoms with van der Waals surface area (Å²) in [7, 11) is 0. The molecule has 0 unspecified atom stereocenters. The van der Waals surface area contributed by atoms with Gasteiger partial charge in [-0.05, 0) is 6.07 Å². The maximum Gasteiger partial charge on any atom is 0.347 e. The lowest BCUT2D eigenvalue weighted by molar-refractivity contribution is 0.0702. The Labute approximate surface area is 71.5 Å². The van der Waals surface area contributed by atoms with Crippen molar-refractivity contribution < 1.29 is 9.90 Å². The fourth-order valence-corrected chi connectivity index (χ4v) is 1.63. The molecule has 0 aliphatic carbocycles. The van der Waals surface area contributed by atoms with Crippen LogP contribution in [0.4, 0.5) is 0 Å². The van der Waals surface area contributed by atoms with E-state index in [1.54, 1.807) is 0 Å². The monoisotopic (exact) mass is 187 g/mol. The van der Waals surface area contributed by atoms with Crippen LogP contribution < -0.4 is 0 Å². The average Bonchev–Trinajstić information content (AvgIpc) is 2.30. The molecule has 1 heterocycles. The molecule has 0 bridgehead atoms. The Kier molecular flexibility index (Phi) is 2.13. The minimum absolute atomic E-state index is 0.0169. The molecule has 11 heavy (non-hydrogen) atoms. The molecule has 0 aliphatic rings. The summed E-state index contributed by atoms with van der Waals surface area (Å²) in [6.45, 7) is 0. The van der Waals surface area contributed by atoms with Crippen molar-refractivity contribution in [3.05, 3.63) is 20.8 Å². The van der Waals surface area contributed by atoms with Crippen LogP contribution in [-0.4, -0.2) is 11.1 Å². The zero-order valence-corrected chi connectivity index (χ0v) is 6.74. The number of hydrogen-bond acceptors (Lipinski definition) is 3. The standard InChI is InChI=1S/C6H2ClNO2S/c7-4-1-3(2-8)11-5(4)6(9)10/h1H,(H,9,10). The fraction of sp³-hybridized carbons (Fsp3) is 0. The number of aromatic carboxylic acids is 1. The molecule has 3 nitrogen and oxygen atoms in total. The number of nitriles is 1. The van der Waals surface area contributed by atoms with Gasteiger partial charge in [0, 0.05) is 0 Å². The Balaban J connectivity index is 3.20. The number of carboxylic acids is 1. The second-order valence-electron chi connectivity index (χ2n) is 1.70. The number of hydrogen-bond donors (Lipinski definition) is 1. The van der Waals surface area contributed by atoms with Gasteiger partial charge in [-0.25, -0.2) is 4.79 Å². The smallest absolute Gasteiger partial charge is 0.347 e. The van der Waals surface area contributed by atoms with Crippen LogP contribution in [0.5, 0.6) is 0 Å². The van der Waals surface area contributed by atoms with Gasteiger partial charge in [-0.1, -0.05) is 11.6 Å². The van der Waals surface area contributed by atoms with Crippen molar-refractivity contribution in [2.75, 3.05) is 0 Å². The highest BCUT2D eigenvalue weighted by atomic mass is 35.5. The van der Waals surface area contributed by atoms with Crippen molar-refractivity contribution in [1.29, 1.82) is 5.26 Å². The van der Waals surface area contributed by atoms with Crippen LogP contribution in [0.15, 0.2) is 6.07 Å². The first-order chi connectivity index (χ1) is 5.15. The van der Waals surface area contributed by atoms with Crippen molar-refractivity contribution in [3.8, 4) is 6.07 Å². The second-order valence-corrected chi connectivity index (χ2v) is 3.16. The highest BCUT2D eigenvalue weighted by Gasteiger charge is 2.12. The topological polar surface area (TPSA) is 61.1 Å². The molecule has 0 aliphatic heterocycles. The molecule has 0 amide bonds. The highest BCUT2D eigenvalue weighted by molar-refractivity contribution is 7.15. The minimum Gasteiger partial charge on any atom is -0.477 e. The van der Waals surface area contributed by atoms with Crippen LogP contribution in [0, 0.1) is 11.3 Å². The van der Waals surface area contributed by atoms with E-state index in [2.05, 4.69) is 0 Å². The summed E-state index contributed by atoms with van der Waals surface area (Å²) in [5, 5.41) is 17.0. The van der Waals surface area contributed by atoms with Gasteiger partial charge in [0.1, 0.15) is 15.8 Å². The molecule has 0 radical (unpaired) electrons. The van der Waals surface area contributed by atoms with E-state index < -0.39 is 5.97 Å². The third kappa shape index (κ3) is 1.50. The fourth-order valence-electron chi connectivity index (χ4n) is 0.570. The molecule has 0 aromatic carbocycles. The third-order valence-corrected chi connectivity index (χ3v) is 2.43. The quantitative estimate of drug-likeness (QED) is 0.731. The van der Waals surface area contributed by atoms with E-state index in [1.165, 1.54) is 6.07 Å². The summed E-state index contributed by atoms with van der Waals surface area (Å²) < 4.78 is 0. The van der Waals surface area contributed by atoms with Gasteiger partial charge >= 0.3 is 5.97 Å². The number of rotatable bonds is 1. The van der Waals surface area contributed by atoms with Gasteiger partial charge in [0.2, 0.25) is 0 Å². The van der Waals surface area contributed by atoms with E-state index in [1.807, 2.05) is 6.07 Å². The van der Waals surface area contributed by atoms with Gasteiger partial charge in [0.25, 0.3) is 0 Å². The van der Waals surface area contributed by atoms with Gasteiger partial charge < -0.3 is 5.11 Å². The van der Waals surface area contributed by atoms with Crippen molar-refractivity contribution in [2.45, 2.75) is 0 Å². The summed E-state index contributed by atoms with van der Waals surface area (Å²) in [5.74, 6) is -1.10. The lowest BCUT2D eigenvalue weighted by Crippen LogP contribution is -1.91. The predicted molar refractivity (Wildman–Crippen MR) is 41.0 cm³/mol. The SMILES string of the molecule is N#Cc1cc(Cl)c(C(=O)O)s1. The minimum atomic E-state index is -1.10. The Morgan fingerprint density at radius 1 is 1.82 bits per heavy atom. The van der Waals surface area contributed by atoms with Crippen LogP contribution in [0.3, 0.4) is 0 Å². The summed E-state index contributed by atoms with van der Waals surface area (Å²) in [6, 6.07) is 3.16. The van der Waals surface area contributed by atoms with E-state index in [0.717, 1.165) is 11.3 Å². The van der Waals surface area contributed by atoms with E-state index in [0.29, 0.717) is 4.88 Å². The molecule has 1 rings (SSSR count). The Morgan fingerprint density at radius 2 is 2.45 bits per heavy atom. The van der Waals surface area contributed by atoms with Crippen molar-refractivity contribution >= 4 is 28.9 Å². The normalized spacial score (nSPS) is 9.09. The molecule has 56 valence electrons. The molecular formula is C6H2ClNO2S. The lowest BCUT2D eigenvalue weighted by Gasteiger charge is -1.84. The number of nitrogens with zero attached hydrogens (tertiary/aromatic N) is 1. The largest absolute Gasteiger partial charge is 0.477 e. The molecular weight excluding hydrogens is 186 g/mol. The Bertz CT molecular complexity index is 339. The van der Waals surface area contributed by atoms with Crippen molar-refractivity contribution in [1.82, 2.24) is 0 Å². The maximum atomic E-state index is 10.4. The van der Waals surface area contributed by atoms with Crippen LogP contribution in [0.25, 0.3) is 0 Å². The molecule has 0 spiro atoms. The van der Waals surface area contributed by atoms with E-state index in [-0.39, 0.29) is 9.90 Å². The summed E-state index contributed by atoms with van der Waals surface area (Å²) >= 11 is 6.37.